The Balaban J connectivity index is 1.61. The predicted octanol–water partition coefficient (Wildman–Crippen LogP) is 4.04. The summed E-state index contributed by atoms with van der Waals surface area (Å²) >= 11 is 6.42. The maximum Gasteiger partial charge on any atom is 0.253 e. The summed E-state index contributed by atoms with van der Waals surface area (Å²) in [7, 11) is 3.13. The van der Waals surface area contributed by atoms with Crippen LogP contribution in [0.15, 0.2) is 36.4 Å². The van der Waals surface area contributed by atoms with Gasteiger partial charge in [0.05, 0.1) is 25.8 Å². The van der Waals surface area contributed by atoms with Crippen LogP contribution in [0.25, 0.3) is 0 Å². The van der Waals surface area contributed by atoms with Crippen LogP contribution in [0.2, 0.25) is 5.02 Å². The van der Waals surface area contributed by atoms with Gasteiger partial charge in [0.25, 0.3) is 5.91 Å². The first-order chi connectivity index (χ1) is 15.9. The Morgan fingerprint density at radius 3 is 2.76 bits per heavy atom. The summed E-state index contributed by atoms with van der Waals surface area (Å²) in [6.45, 7) is 3.28. The van der Waals surface area contributed by atoms with E-state index in [2.05, 4.69) is 10.2 Å². The molecule has 0 saturated carbocycles. The number of likely N-dealkylation sites (N-methyl/N-ethyl adjacent to an activating group) is 1. The largest absolute Gasteiger partial charge is 0.497 e. The number of carbonyl (C=O) groups is 2. The summed E-state index contributed by atoms with van der Waals surface area (Å²) in [5, 5.41) is 3.61. The van der Waals surface area contributed by atoms with Crippen molar-refractivity contribution < 1.29 is 19.1 Å². The van der Waals surface area contributed by atoms with Gasteiger partial charge in [-0.2, -0.15) is 0 Å². The highest BCUT2D eigenvalue weighted by molar-refractivity contribution is 6.31. The molecule has 1 spiro atoms. The van der Waals surface area contributed by atoms with Crippen molar-refractivity contribution >= 4 is 34.8 Å². The molecule has 0 radical (unpaired) electrons. The Morgan fingerprint density at radius 1 is 1.21 bits per heavy atom. The van der Waals surface area contributed by atoms with E-state index < -0.39 is 11.5 Å². The molecule has 2 aromatic rings. The highest BCUT2D eigenvalue weighted by atomic mass is 35.5. The summed E-state index contributed by atoms with van der Waals surface area (Å²) in [5.41, 5.74) is 1.15. The topological polar surface area (TPSA) is 71.1 Å². The molecule has 174 valence electrons. The SMILES string of the molecule is CCN1C(=O)[C@@]2(c3cc(Cl)ccc31)[C@H](C(=O)Nc1cc(OC)ccc1OC)C[C@H]1CCCN12. The first-order valence-electron chi connectivity index (χ1n) is 11.4. The molecule has 0 bridgehead atoms. The van der Waals surface area contributed by atoms with Crippen LogP contribution >= 0.6 is 11.6 Å². The van der Waals surface area contributed by atoms with Gasteiger partial charge in [-0.25, -0.2) is 0 Å². The van der Waals surface area contributed by atoms with Gasteiger partial charge in [0, 0.05) is 34.9 Å². The van der Waals surface area contributed by atoms with Gasteiger partial charge in [-0.1, -0.05) is 11.6 Å². The third-order valence-electron chi connectivity index (χ3n) is 7.37. The molecular formula is C25H28ClN3O4. The maximum absolute atomic E-state index is 14.1. The minimum atomic E-state index is -1.05. The molecule has 33 heavy (non-hydrogen) atoms. The van der Waals surface area contributed by atoms with Crippen LogP contribution in [-0.2, 0) is 15.1 Å². The minimum Gasteiger partial charge on any atom is -0.497 e. The van der Waals surface area contributed by atoms with E-state index in [1.54, 1.807) is 37.3 Å². The highest BCUT2D eigenvalue weighted by Crippen LogP contribution is 2.57. The monoisotopic (exact) mass is 469 g/mol. The first-order valence-corrected chi connectivity index (χ1v) is 11.7. The molecular weight excluding hydrogens is 442 g/mol. The first kappa shape index (κ1) is 22.0. The van der Waals surface area contributed by atoms with Crippen molar-refractivity contribution in [3.05, 3.63) is 47.0 Å². The van der Waals surface area contributed by atoms with Crippen molar-refractivity contribution in [1.29, 1.82) is 0 Å². The number of hydrogen-bond acceptors (Lipinski definition) is 5. The van der Waals surface area contributed by atoms with E-state index in [9.17, 15) is 9.59 Å². The number of rotatable bonds is 5. The number of hydrogen-bond donors (Lipinski definition) is 1. The Kier molecular flexibility index (Phi) is 5.49. The molecule has 5 rings (SSSR count). The van der Waals surface area contributed by atoms with E-state index in [1.165, 1.54) is 0 Å². The Labute approximate surface area is 198 Å². The maximum atomic E-state index is 14.1. The lowest BCUT2D eigenvalue weighted by Crippen LogP contribution is -2.55. The van der Waals surface area contributed by atoms with E-state index in [4.69, 9.17) is 21.1 Å². The third kappa shape index (κ3) is 3.13. The van der Waals surface area contributed by atoms with Crippen molar-refractivity contribution in [2.45, 2.75) is 37.8 Å². The highest BCUT2D eigenvalue weighted by Gasteiger charge is 2.67. The molecule has 3 aliphatic heterocycles. The van der Waals surface area contributed by atoms with Gasteiger partial charge in [0.1, 0.15) is 17.0 Å². The van der Waals surface area contributed by atoms with Gasteiger partial charge in [0.2, 0.25) is 5.91 Å². The molecule has 3 atom stereocenters. The van der Waals surface area contributed by atoms with Crippen LogP contribution in [0.1, 0.15) is 31.7 Å². The van der Waals surface area contributed by atoms with Crippen molar-refractivity contribution in [3.63, 3.8) is 0 Å². The lowest BCUT2D eigenvalue weighted by atomic mass is 9.78. The van der Waals surface area contributed by atoms with Crippen LogP contribution in [0.5, 0.6) is 11.5 Å². The van der Waals surface area contributed by atoms with Gasteiger partial charge in [-0.15, -0.1) is 0 Å². The smallest absolute Gasteiger partial charge is 0.253 e. The molecule has 2 fully saturated rings. The Hall–Kier alpha value is -2.77. The van der Waals surface area contributed by atoms with E-state index in [0.29, 0.717) is 35.2 Å². The normalized spacial score (nSPS) is 25.9. The van der Waals surface area contributed by atoms with Gasteiger partial charge in [-0.05, 0) is 63.1 Å². The predicted molar refractivity (Wildman–Crippen MR) is 127 cm³/mol. The number of halogens is 1. The molecule has 0 aliphatic carbocycles. The second-order valence-electron chi connectivity index (χ2n) is 8.81. The van der Waals surface area contributed by atoms with Crippen LogP contribution in [0, 0.1) is 5.92 Å². The second kappa shape index (κ2) is 8.22. The van der Waals surface area contributed by atoms with Crippen LogP contribution in [0.3, 0.4) is 0 Å². The lowest BCUT2D eigenvalue weighted by molar-refractivity contribution is -0.136. The molecule has 2 saturated heterocycles. The van der Waals surface area contributed by atoms with Crippen molar-refractivity contribution in [2.75, 3.05) is 37.5 Å². The van der Waals surface area contributed by atoms with Gasteiger partial charge < -0.3 is 19.7 Å². The summed E-state index contributed by atoms with van der Waals surface area (Å²) in [6.07, 6.45) is 2.61. The minimum absolute atomic E-state index is 0.0376. The number of nitrogens with zero attached hydrogens (tertiary/aromatic N) is 2. The van der Waals surface area contributed by atoms with Gasteiger partial charge in [0.15, 0.2) is 0 Å². The molecule has 3 aliphatic rings. The van der Waals surface area contributed by atoms with Crippen molar-refractivity contribution in [3.8, 4) is 11.5 Å². The fraction of sp³-hybridized carbons (Fsp3) is 0.440. The van der Waals surface area contributed by atoms with Gasteiger partial charge in [-0.3, -0.25) is 14.5 Å². The zero-order valence-corrected chi connectivity index (χ0v) is 19.8. The number of nitrogens with one attached hydrogen (secondary N) is 1. The molecule has 0 aromatic heterocycles. The summed E-state index contributed by atoms with van der Waals surface area (Å²) < 4.78 is 10.8. The second-order valence-corrected chi connectivity index (χ2v) is 9.25. The molecule has 2 amide bonds. The number of methoxy groups -OCH3 is 2. The lowest BCUT2D eigenvalue weighted by Gasteiger charge is -2.37. The molecule has 8 heteroatoms. The summed E-state index contributed by atoms with van der Waals surface area (Å²) in [4.78, 5) is 32.0. The van der Waals surface area contributed by atoms with Crippen LogP contribution < -0.4 is 19.7 Å². The summed E-state index contributed by atoms with van der Waals surface area (Å²) in [5.74, 6) is 0.352. The molecule has 3 heterocycles. The number of amides is 2. The number of benzene rings is 2. The Bertz CT molecular complexity index is 1120. The zero-order valence-electron chi connectivity index (χ0n) is 19.1. The van der Waals surface area contributed by atoms with Crippen molar-refractivity contribution in [1.82, 2.24) is 4.90 Å². The number of fused-ring (bicyclic) bond motifs is 4. The number of carbonyl (C=O) groups excluding carboxylic acids is 2. The van der Waals surface area contributed by atoms with Crippen LogP contribution in [-0.4, -0.2) is 50.1 Å². The average Bonchev–Trinajstić information content (AvgIpc) is 3.46. The Morgan fingerprint density at radius 2 is 2.03 bits per heavy atom. The molecule has 1 N–H and O–H groups in total. The number of ether oxygens (including phenoxy) is 2. The summed E-state index contributed by atoms with van der Waals surface area (Å²) in [6, 6.07) is 11.0. The average molecular weight is 470 g/mol. The van der Waals surface area contributed by atoms with E-state index >= 15 is 0 Å². The molecule has 2 aromatic carbocycles. The van der Waals surface area contributed by atoms with E-state index in [0.717, 1.165) is 30.6 Å². The molecule has 7 nitrogen and oxygen atoms in total. The standard InChI is InChI=1S/C25H28ClN3O4/c1-4-28-21-9-7-15(26)12-18(21)25(24(28)31)19(13-16-6-5-11-29(16)25)23(30)27-20-14-17(32-2)8-10-22(20)33-3/h7-10,12,14,16,19H,4-6,11,13H2,1-3H3,(H,27,30)/t16-,19+,25-/m1/s1. The van der Waals surface area contributed by atoms with E-state index in [-0.39, 0.29) is 17.9 Å². The number of anilines is 2. The fourth-order valence-electron chi connectivity index (χ4n) is 6.02. The van der Waals surface area contributed by atoms with E-state index in [1.807, 2.05) is 25.1 Å². The van der Waals surface area contributed by atoms with Crippen LogP contribution in [0.4, 0.5) is 11.4 Å². The quantitative estimate of drug-likeness (QED) is 0.715. The van der Waals surface area contributed by atoms with Crippen molar-refractivity contribution in [2.24, 2.45) is 5.92 Å². The third-order valence-corrected chi connectivity index (χ3v) is 7.61. The molecule has 0 unspecified atom stereocenters. The fourth-order valence-corrected chi connectivity index (χ4v) is 6.20. The zero-order chi connectivity index (χ0) is 23.3. The van der Waals surface area contributed by atoms with Gasteiger partial charge >= 0.3 is 0 Å².